The van der Waals surface area contributed by atoms with Gasteiger partial charge >= 0.3 is 5.97 Å². The van der Waals surface area contributed by atoms with Gasteiger partial charge in [-0.2, -0.15) is 0 Å². The number of carboxylic acid groups (broad SMARTS) is 1. The Morgan fingerprint density at radius 1 is 1.73 bits per heavy atom. The zero-order valence-electron chi connectivity index (χ0n) is 9.11. The Bertz CT molecular complexity index is 211. The molecule has 5 nitrogen and oxygen atoms in total. The summed E-state index contributed by atoms with van der Waals surface area (Å²) in [6, 6.07) is -0.813. The van der Waals surface area contributed by atoms with Crippen LogP contribution in [-0.2, 0) is 9.53 Å². The maximum Gasteiger partial charge on any atom is 0.321 e. The van der Waals surface area contributed by atoms with Crippen LogP contribution in [0.25, 0.3) is 0 Å². The number of rotatable bonds is 6. The van der Waals surface area contributed by atoms with Crippen LogP contribution in [0.3, 0.4) is 0 Å². The molecule has 1 aliphatic heterocycles. The Morgan fingerprint density at radius 3 is 3.07 bits per heavy atom. The van der Waals surface area contributed by atoms with Crippen LogP contribution in [0.4, 0.5) is 0 Å². The third-order valence-corrected chi connectivity index (χ3v) is 2.84. The van der Waals surface area contributed by atoms with Crippen molar-refractivity contribution in [3.8, 4) is 0 Å². The van der Waals surface area contributed by atoms with E-state index in [1.807, 2.05) is 0 Å². The smallest absolute Gasteiger partial charge is 0.321 e. The summed E-state index contributed by atoms with van der Waals surface area (Å²) in [5.41, 5.74) is 5.38. The van der Waals surface area contributed by atoms with Crippen molar-refractivity contribution in [2.45, 2.75) is 31.9 Å². The fourth-order valence-corrected chi connectivity index (χ4v) is 1.89. The highest BCUT2D eigenvalue weighted by Gasteiger charge is 2.26. The standard InChI is InChI=1S/C10H20N2O3/c1-2-9-7(3-4-15-9)5-12-6-8(11)10(13)14/h7-9,12H,2-6,11H2,1H3,(H,13,14). The first kappa shape index (κ1) is 12.4. The van der Waals surface area contributed by atoms with Crippen LogP contribution in [-0.4, -0.2) is 42.9 Å². The maximum atomic E-state index is 10.5. The summed E-state index contributed by atoms with van der Waals surface area (Å²) in [6.07, 6.45) is 2.38. The van der Waals surface area contributed by atoms with Gasteiger partial charge in [-0.25, -0.2) is 0 Å². The van der Waals surface area contributed by atoms with Crippen molar-refractivity contribution >= 4 is 5.97 Å². The molecule has 0 radical (unpaired) electrons. The quantitative estimate of drug-likeness (QED) is 0.572. The molecule has 5 heteroatoms. The molecule has 1 heterocycles. The molecule has 4 N–H and O–H groups in total. The number of aliphatic carboxylic acids is 1. The van der Waals surface area contributed by atoms with E-state index in [-0.39, 0.29) is 0 Å². The number of nitrogens with one attached hydrogen (secondary N) is 1. The molecular formula is C10H20N2O3. The van der Waals surface area contributed by atoms with E-state index in [0.29, 0.717) is 18.6 Å². The van der Waals surface area contributed by atoms with Crippen molar-refractivity contribution in [3.05, 3.63) is 0 Å². The average Bonchev–Trinajstić information content (AvgIpc) is 2.65. The molecule has 3 unspecified atom stereocenters. The van der Waals surface area contributed by atoms with Crippen molar-refractivity contribution in [2.24, 2.45) is 11.7 Å². The fraction of sp³-hybridized carbons (Fsp3) is 0.900. The molecule has 1 fully saturated rings. The third-order valence-electron chi connectivity index (χ3n) is 2.84. The second-order valence-corrected chi connectivity index (χ2v) is 3.97. The van der Waals surface area contributed by atoms with Gasteiger partial charge in [-0.1, -0.05) is 6.92 Å². The lowest BCUT2D eigenvalue weighted by Crippen LogP contribution is -2.42. The Morgan fingerprint density at radius 2 is 2.47 bits per heavy atom. The Labute approximate surface area is 90.0 Å². The summed E-state index contributed by atoms with van der Waals surface area (Å²) in [5.74, 6) is -0.465. The molecule has 0 spiro atoms. The minimum atomic E-state index is -0.961. The first-order valence-electron chi connectivity index (χ1n) is 5.45. The summed E-state index contributed by atoms with van der Waals surface area (Å²) in [6.45, 7) is 4.03. The van der Waals surface area contributed by atoms with E-state index in [1.165, 1.54) is 0 Å². The molecule has 0 aromatic rings. The van der Waals surface area contributed by atoms with E-state index < -0.39 is 12.0 Å². The van der Waals surface area contributed by atoms with Crippen LogP contribution in [0.1, 0.15) is 19.8 Å². The molecule has 88 valence electrons. The van der Waals surface area contributed by atoms with E-state index in [1.54, 1.807) is 0 Å². The van der Waals surface area contributed by atoms with Crippen LogP contribution in [0.5, 0.6) is 0 Å². The largest absolute Gasteiger partial charge is 0.480 e. The second kappa shape index (κ2) is 6.05. The summed E-state index contributed by atoms with van der Waals surface area (Å²) >= 11 is 0. The number of hydrogen-bond acceptors (Lipinski definition) is 4. The van der Waals surface area contributed by atoms with Crippen molar-refractivity contribution in [1.29, 1.82) is 0 Å². The van der Waals surface area contributed by atoms with Crippen molar-refractivity contribution in [1.82, 2.24) is 5.32 Å². The topological polar surface area (TPSA) is 84.6 Å². The summed E-state index contributed by atoms with van der Waals surface area (Å²) in [4.78, 5) is 10.5. The SMILES string of the molecule is CCC1OCCC1CNCC(N)C(=O)O. The lowest BCUT2D eigenvalue weighted by molar-refractivity contribution is -0.138. The summed E-state index contributed by atoms with van der Waals surface area (Å²) in [7, 11) is 0. The highest BCUT2D eigenvalue weighted by atomic mass is 16.5. The number of carboxylic acids is 1. The van der Waals surface area contributed by atoms with E-state index >= 15 is 0 Å². The molecule has 1 rings (SSSR count). The van der Waals surface area contributed by atoms with Crippen molar-refractivity contribution in [3.63, 3.8) is 0 Å². The molecular weight excluding hydrogens is 196 g/mol. The first-order chi connectivity index (χ1) is 7.15. The monoisotopic (exact) mass is 216 g/mol. The van der Waals surface area contributed by atoms with Gasteiger partial charge in [-0.05, 0) is 18.8 Å². The van der Waals surface area contributed by atoms with Gasteiger partial charge in [0.25, 0.3) is 0 Å². The molecule has 3 atom stereocenters. The molecule has 1 saturated heterocycles. The van der Waals surface area contributed by atoms with E-state index in [4.69, 9.17) is 15.6 Å². The molecule has 0 amide bonds. The Hall–Kier alpha value is -0.650. The highest BCUT2D eigenvalue weighted by Crippen LogP contribution is 2.22. The minimum absolute atomic E-state index is 0.318. The van der Waals surface area contributed by atoms with Crippen LogP contribution in [0, 0.1) is 5.92 Å². The van der Waals surface area contributed by atoms with Crippen LogP contribution < -0.4 is 11.1 Å². The summed E-state index contributed by atoms with van der Waals surface area (Å²) in [5, 5.41) is 11.7. The van der Waals surface area contributed by atoms with Crippen LogP contribution >= 0.6 is 0 Å². The molecule has 1 aliphatic rings. The number of ether oxygens (including phenoxy) is 1. The zero-order valence-corrected chi connectivity index (χ0v) is 9.11. The maximum absolute atomic E-state index is 10.5. The van der Waals surface area contributed by atoms with Crippen molar-refractivity contribution in [2.75, 3.05) is 19.7 Å². The molecule has 0 aromatic heterocycles. The first-order valence-corrected chi connectivity index (χ1v) is 5.45. The normalized spacial score (nSPS) is 27.9. The Kier molecular flexibility index (Phi) is 5.01. The molecule has 15 heavy (non-hydrogen) atoms. The van der Waals surface area contributed by atoms with Crippen LogP contribution in [0.15, 0.2) is 0 Å². The molecule has 0 saturated carbocycles. The molecule has 0 aromatic carbocycles. The predicted molar refractivity (Wildman–Crippen MR) is 56.6 cm³/mol. The van der Waals surface area contributed by atoms with Crippen molar-refractivity contribution < 1.29 is 14.6 Å². The number of hydrogen-bond donors (Lipinski definition) is 3. The van der Waals surface area contributed by atoms with Gasteiger partial charge in [-0.15, -0.1) is 0 Å². The fourth-order valence-electron chi connectivity index (χ4n) is 1.89. The van der Waals surface area contributed by atoms with Gasteiger partial charge in [0.1, 0.15) is 6.04 Å². The minimum Gasteiger partial charge on any atom is -0.480 e. The van der Waals surface area contributed by atoms with Gasteiger partial charge in [-0.3, -0.25) is 4.79 Å². The number of nitrogens with two attached hydrogens (primary N) is 1. The highest BCUT2D eigenvalue weighted by molar-refractivity contribution is 5.73. The summed E-state index contributed by atoms with van der Waals surface area (Å²) < 4.78 is 5.53. The van der Waals surface area contributed by atoms with Gasteiger partial charge < -0.3 is 20.9 Å². The zero-order chi connectivity index (χ0) is 11.3. The predicted octanol–water partition coefficient (Wildman–Crippen LogP) is -0.197. The molecule has 0 aliphatic carbocycles. The lowest BCUT2D eigenvalue weighted by Gasteiger charge is -2.17. The lowest BCUT2D eigenvalue weighted by atomic mass is 10.00. The average molecular weight is 216 g/mol. The van der Waals surface area contributed by atoms with Gasteiger partial charge in [0, 0.05) is 19.7 Å². The molecule has 0 bridgehead atoms. The Balaban J connectivity index is 2.17. The second-order valence-electron chi connectivity index (χ2n) is 3.97. The van der Waals surface area contributed by atoms with Gasteiger partial charge in [0.15, 0.2) is 0 Å². The van der Waals surface area contributed by atoms with Crippen LogP contribution in [0.2, 0.25) is 0 Å². The third kappa shape index (κ3) is 3.77. The van der Waals surface area contributed by atoms with Gasteiger partial charge in [0.05, 0.1) is 6.10 Å². The van der Waals surface area contributed by atoms with E-state index in [0.717, 1.165) is 26.0 Å². The van der Waals surface area contributed by atoms with E-state index in [9.17, 15) is 4.79 Å². The number of carbonyl (C=O) groups is 1. The van der Waals surface area contributed by atoms with Gasteiger partial charge in [0.2, 0.25) is 0 Å². The van der Waals surface area contributed by atoms with E-state index in [2.05, 4.69) is 12.2 Å².